The van der Waals surface area contributed by atoms with Crippen molar-refractivity contribution in [2.45, 2.75) is 26.3 Å². The van der Waals surface area contributed by atoms with Crippen molar-refractivity contribution in [2.24, 2.45) is 0 Å². The predicted octanol–water partition coefficient (Wildman–Crippen LogP) is 3.77. The third-order valence-electron chi connectivity index (χ3n) is 3.27. The number of halogens is 1. The summed E-state index contributed by atoms with van der Waals surface area (Å²) in [4.78, 5) is 12.0. The highest BCUT2D eigenvalue weighted by molar-refractivity contribution is 6.30. The molecule has 2 rings (SSSR count). The fourth-order valence-electron chi connectivity index (χ4n) is 2.09. The van der Waals surface area contributed by atoms with Gasteiger partial charge in [-0.1, -0.05) is 41.9 Å². The number of hydrogen-bond acceptors (Lipinski definition) is 2. The van der Waals surface area contributed by atoms with Gasteiger partial charge in [-0.3, -0.25) is 4.79 Å². The molecule has 0 aliphatic rings. The van der Waals surface area contributed by atoms with Gasteiger partial charge in [0, 0.05) is 5.02 Å². The fourth-order valence-corrected chi connectivity index (χ4v) is 2.21. The number of benzene rings is 2. The van der Waals surface area contributed by atoms with Gasteiger partial charge in [0.2, 0.25) is 5.91 Å². The fraction of sp³-hybridized carbons (Fsp3) is 0.278. The first-order valence-corrected chi connectivity index (χ1v) is 7.64. The van der Waals surface area contributed by atoms with Gasteiger partial charge in [0.25, 0.3) is 0 Å². The largest absolute Gasteiger partial charge is 0.491 e. The van der Waals surface area contributed by atoms with Gasteiger partial charge < -0.3 is 10.1 Å². The maximum Gasteiger partial charge on any atom is 0.224 e. The van der Waals surface area contributed by atoms with Gasteiger partial charge in [-0.25, -0.2) is 0 Å². The molecule has 1 N–H and O–H groups in total. The lowest BCUT2D eigenvalue weighted by molar-refractivity contribution is -0.121. The molecule has 0 saturated heterocycles. The zero-order chi connectivity index (χ0) is 15.9. The molecule has 0 aliphatic heterocycles. The molecule has 3 nitrogen and oxygen atoms in total. The van der Waals surface area contributed by atoms with E-state index in [0.717, 1.165) is 16.9 Å². The van der Waals surface area contributed by atoms with Gasteiger partial charge in [0.05, 0.1) is 12.5 Å². The van der Waals surface area contributed by atoms with Crippen molar-refractivity contribution in [3.8, 4) is 5.75 Å². The maximum atomic E-state index is 12.0. The topological polar surface area (TPSA) is 38.3 Å². The second-order valence-corrected chi connectivity index (χ2v) is 5.78. The minimum atomic E-state index is -0.0561. The van der Waals surface area contributed by atoms with E-state index in [1.54, 1.807) is 12.1 Å². The number of hydrogen-bond donors (Lipinski definition) is 1. The van der Waals surface area contributed by atoms with Gasteiger partial charge in [-0.2, -0.15) is 0 Å². The number of amides is 1. The molecular weight excluding hydrogens is 298 g/mol. The summed E-state index contributed by atoms with van der Waals surface area (Å²) in [6, 6.07) is 15.1. The maximum absolute atomic E-state index is 12.0. The summed E-state index contributed by atoms with van der Waals surface area (Å²) in [6.45, 7) is 4.37. The van der Waals surface area contributed by atoms with Gasteiger partial charge in [-0.15, -0.1) is 0 Å². The lowest BCUT2D eigenvalue weighted by atomic mass is 10.1. The zero-order valence-electron chi connectivity index (χ0n) is 12.8. The van der Waals surface area contributed by atoms with E-state index >= 15 is 0 Å². The molecule has 2 aromatic rings. The molecule has 4 heteroatoms. The van der Waals surface area contributed by atoms with E-state index in [1.807, 2.05) is 50.2 Å². The minimum absolute atomic E-state index is 0.0248. The Labute approximate surface area is 136 Å². The van der Waals surface area contributed by atoms with Gasteiger partial charge in [0.15, 0.2) is 0 Å². The molecule has 0 fully saturated rings. The van der Waals surface area contributed by atoms with Gasteiger partial charge >= 0.3 is 0 Å². The molecule has 0 bridgehead atoms. The van der Waals surface area contributed by atoms with E-state index in [0.29, 0.717) is 18.1 Å². The number of carbonyl (C=O) groups is 1. The highest BCUT2D eigenvalue weighted by Gasteiger charge is 2.09. The summed E-state index contributed by atoms with van der Waals surface area (Å²) < 4.78 is 5.73. The van der Waals surface area contributed by atoms with Crippen molar-refractivity contribution in [1.29, 1.82) is 0 Å². The van der Waals surface area contributed by atoms with Crippen molar-refractivity contribution in [1.82, 2.24) is 5.32 Å². The van der Waals surface area contributed by atoms with Crippen LogP contribution in [0.5, 0.6) is 5.75 Å². The quantitative estimate of drug-likeness (QED) is 0.880. The molecule has 116 valence electrons. The van der Waals surface area contributed by atoms with Crippen LogP contribution in [0.25, 0.3) is 0 Å². The number of para-hydroxylation sites is 1. The standard InChI is InChI=1S/C18H20ClNO2/c1-13-5-3-4-6-17(13)22-12-14(2)20-18(21)11-15-7-9-16(19)10-8-15/h3-10,14H,11-12H2,1-2H3,(H,20,21). The second-order valence-electron chi connectivity index (χ2n) is 5.35. The minimum Gasteiger partial charge on any atom is -0.491 e. The van der Waals surface area contributed by atoms with Crippen LogP contribution < -0.4 is 10.1 Å². The van der Waals surface area contributed by atoms with Crippen LogP contribution in [-0.4, -0.2) is 18.6 Å². The van der Waals surface area contributed by atoms with E-state index < -0.39 is 0 Å². The van der Waals surface area contributed by atoms with Gasteiger partial charge in [0.1, 0.15) is 12.4 Å². The number of carbonyl (C=O) groups excluding carboxylic acids is 1. The molecule has 0 heterocycles. The van der Waals surface area contributed by atoms with Crippen molar-refractivity contribution >= 4 is 17.5 Å². The number of nitrogens with one attached hydrogen (secondary N) is 1. The predicted molar refractivity (Wildman–Crippen MR) is 89.4 cm³/mol. The van der Waals surface area contributed by atoms with Crippen molar-refractivity contribution in [3.05, 3.63) is 64.7 Å². The molecule has 0 radical (unpaired) electrons. The summed E-state index contributed by atoms with van der Waals surface area (Å²) in [5.41, 5.74) is 2.02. The van der Waals surface area contributed by atoms with E-state index in [1.165, 1.54) is 0 Å². The third-order valence-corrected chi connectivity index (χ3v) is 3.52. The molecule has 1 amide bonds. The van der Waals surface area contributed by atoms with Crippen molar-refractivity contribution in [2.75, 3.05) is 6.61 Å². The average Bonchev–Trinajstić information content (AvgIpc) is 2.49. The van der Waals surface area contributed by atoms with Crippen LogP contribution in [0.2, 0.25) is 5.02 Å². The third kappa shape index (κ3) is 5.08. The summed E-state index contributed by atoms with van der Waals surface area (Å²) in [5, 5.41) is 3.61. The number of ether oxygens (including phenoxy) is 1. The van der Waals surface area contributed by atoms with Crippen LogP contribution in [0.15, 0.2) is 48.5 Å². The number of rotatable bonds is 6. The summed E-state index contributed by atoms with van der Waals surface area (Å²) in [6.07, 6.45) is 0.339. The summed E-state index contributed by atoms with van der Waals surface area (Å²) in [5.74, 6) is 0.824. The monoisotopic (exact) mass is 317 g/mol. The smallest absolute Gasteiger partial charge is 0.224 e. The number of aryl methyl sites for hydroxylation is 1. The Morgan fingerprint density at radius 1 is 1.18 bits per heavy atom. The Bertz CT molecular complexity index is 625. The molecule has 0 spiro atoms. The lowest BCUT2D eigenvalue weighted by Gasteiger charge is -2.16. The van der Waals surface area contributed by atoms with E-state index in [9.17, 15) is 4.79 Å². The molecule has 0 aromatic heterocycles. The molecule has 22 heavy (non-hydrogen) atoms. The molecular formula is C18H20ClNO2. The van der Waals surface area contributed by atoms with Crippen LogP contribution >= 0.6 is 11.6 Å². The first-order chi connectivity index (χ1) is 10.5. The molecule has 1 unspecified atom stereocenters. The second kappa shape index (κ2) is 7.85. The molecule has 0 saturated carbocycles. The van der Waals surface area contributed by atoms with Crippen LogP contribution in [0.1, 0.15) is 18.1 Å². The van der Waals surface area contributed by atoms with Crippen LogP contribution in [-0.2, 0) is 11.2 Å². The Balaban J connectivity index is 1.79. The van der Waals surface area contributed by atoms with Crippen molar-refractivity contribution < 1.29 is 9.53 Å². The molecule has 0 aliphatic carbocycles. The van der Waals surface area contributed by atoms with Crippen LogP contribution in [0.3, 0.4) is 0 Å². The SMILES string of the molecule is Cc1ccccc1OCC(C)NC(=O)Cc1ccc(Cl)cc1. The average molecular weight is 318 g/mol. The molecule has 1 atom stereocenters. The Morgan fingerprint density at radius 3 is 2.55 bits per heavy atom. The zero-order valence-corrected chi connectivity index (χ0v) is 13.6. The van der Waals surface area contributed by atoms with Crippen LogP contribution in [0.4, 0.5) is 0 Å². The van der Waals surface area contributed by atoms with E-state index in [2.05, 4.69) is 5.32 Å². The highest BCUT2D eigenvalue weighted by atomic mass is 35.5. The first kappa shape index (κ1) is 16.4. The summed E-state index contributed by atoms with van der Waals surface area (Å²) in [7, 11) is 0. The molecule has 2 aromatic carbocycles. The van der Waals surface area contributed by atoms with Crippen molar-refractivity contribution in [3.63, 3.8) is 0 Å². The lowest BCUT2D eigenvalue weighted by Crippen LogP contribution is -2.37. The van der Waals surface area contributed by atoms with Crippen LogP contribution in [0, 0.1) is 6.92 Å². The first-order valence-electron chi connectivity index (χ1n) is 7.27. The van der Waals surface area contributed by atoms with E-state index in [-0.39, 0.29) is 11.9 Å². The summed E-state index contributed by atoms with van der Waals surface area (Å²) >= 11 is 5.83. The van der Waals surface area contributed by atoms with Gasteiger partial charge in [-0.05, 0) is 43.2 Å². The Hall–Kier alpha value is -2.00. The Kier molecular flexibility index (Phi) is 5.84. The van der Waals surface area contributed by atoms with E-state index in [4.69, 9.17) is 16.3 Å². The Morgan fingerprint density at radius 2 is 1.86 bits per heavy atom. The normalized spacial score (nSPS) is 11.8. The highest BCUT2D eigenvalue weighted by Crippen LogP contribution is 2.16.